The van der Waals surface area contributed by atoms with Crippen molar-refractivity contribution in [2.45, 2.75) is 46.1 Å². The number of ether oxygens (including phenoxy) is 3. The van der Waals surface area contributed by atoms with Crippen LogP contribution in [0.3, 0.4) is 0 Å². The highest BCUT2D eigenvalue weighted by atomic mass is 16.7. The van der Waals surface area contributed by atoms with Gasteiger partial charge in [-0.15, -0.1) is 0 Å². The van der Waals surface area contributed by atoms with E-state index in [-0.39, 0.29) is 24.1 Å². The van der Waals surface area contributed by atoms with Crippen molar-refractivity contribution >= 4 is 11.9 Å². The summed E-state index contributed by atoms with van der Waals surface area (Å²) in [7, 11) is 0. The van der Waals surface area contributed by atoms with E-state index in [9.17, 15) is 9.90 Å². The molecule has 31 heavy (non-hydrogen) atoms. The second kappa shape index (κ2) is 9.43. The van der Waals surface area contributed by atoms with Gasteiger partial charge in [0, 0.05) is 5.56 Å². The summed E-state index contributed by atoms with van der Waals surface area (Å²) < 4.78 is 16.7. The van der Waals surface area contributed by atoms with E-state index in [0.717, 1.165) is 44.3 Å². The number of allylic oxidation sites excluding steroid dienone is 1. The Morgan fingerprint density at radius 1 is 1.03 bits per heavy atom. The predicted octanol–water partition coefficient (Wildman–Crippen LogP) is 3.09. The summed E-state index contributed by atoms with van der Waals surface area (Å²) in [5.41, 5.74) is 1.84. The minimum Gasteiger partial charge on any atom is -0.872 e. The second-order valence-electron chi connectivity index (χ2n) is 8.11. The molecule has 2 aliphatic rings. The molecule has 0 aliphatic carbocycles. The minimum atomic E-state index is -0.197. The molecule has 0 bridgehead atoms. The lowest BCUT2D eigenvalue weighted by Gasteiger charge is -2.23. The minimum absolute atomic E-state index is 0.0682. The van der Waals surface area contributed by atoms with Crippen LogP contribution in [0.1, 0.15) is 61.0 Å². The number of Topliss-reactive ketones (excluding diaryl/α,β-unsaturated/α-hetero) is 1. The van der Waals surface area contributed by atoms with Crippen molar-refractivity contribution in [3.8, 4) is 23.0 Å². The van der Waals surface area contributed by atoms with Crippen LogP contribution in [-0.4, -0.2) is 25.7 Å². The number of unbranched alkanes of at least 4 members (excludes halogenated alkanes) is 2. The van der Waals surface area contributed by atoms with E-state index in [2.05, 4.69) is 13.8 Å². The number of ketones is 1. The number of nitrogens with one attached hydrogen (secondary N) is 1. The lowest BCUT2D eigenvalue weighted by Crippen LogP contribution is -3.10. The van der Waals surface area contributed by atoms with E-state index in [1.165, 1.54) is 11.0 Å². The van der Waals surface area contributed by atoms with Gasteiger partial charge in [0.25, 0.3) is 0 Å². The van der Waals surface area contributed by atoms with Crippen molar-refractivity contribution < 1.29 is 29.0 Å². The van der Waals surface area contributed by atoms with Gasteiger partial charge in [-0.1, -0.05) is 44.6 Å². The normalized spacial score (nSPS) is 15.6. The van der Waals surface area contributed by atoms with Gasteiger partial charge in [-0.25, -0.2) is 0 Å². The van der Waals surface area contributed by atoms with Crippen LogP contribution >= 0.6 is 0 Å². The molecular formula is C25H29NO5. The third-order valence-electron chi connectivity index (χ3n) is 5.79. The maximum Gasteiger partial charge on any atom is 0.231 e. The van der Waals surface area contributed by atoms with Crippen molar-refractivity contribution in [2.75, 3.05) is 19.9 Å². The number of benzene rings is 2. The van der Waals surface area contributed by atoms with E-state index in [0.29, 0.717) is 34.9 Å². The van der Waals surface area contributed by atoms with Crippen LogP contribution in [0, 0.1) is 0 Å². The first-order valence-corrected chi connectivity index (χ1v) is 11.1. The third-order valence-corrected chi connectivity index (χ3v) is 5.79. The number of fused-ring (bicyclic) bond motifs is 2. The Balaban J connectivity index is 1.60. The summed E-state index contributed by atoms with van der Waals surface area (Å²) in [6, 6.07) is 8.56. The predicted molar refractivity (Wildman–Crippen MR) is 116 cm³/mol. The molecule has 0 fully saturated rings. The number of carbonyl (C=O) groups is 1. The van der Waals surface area contributed by atoms with Crippen molar-refractivity contribution in [1.29, 1.82) is 0 Å². The Bertz CT molecular complexity index is 990. The average molecular weight is 424 g/mol. The molecular weight excluding hydrogens is 394 g/mol. The molecule has 0 amide bonds. The van der Waals surface area contributed by atoms with Gasteiger partial charge in [0.2, 0.25) is 12.6 Å². The van der Waals surface area contributed by atoms with Crippen LogP contribution in [0.25, 0.3) is 6.08 Å². The molecule has 2 aliphatic heterocycles. The van der Waals surface area contributed by atoms with E-state index >= 15 is 0 Å². The summed E-state index contributed by atoms with van der Waals surface area (Å²) in [4.78, 5) is 14.3. The van der Waals surface area contributed by atoms with Crippen molar-refractivity contribution in [3.63, 3.8) is 0 Å². The zero-order valence-corrected chi connectivity index (χ0v) is 18.2. The molecule has 0 unspecified atom stereocenters. The highest BCUT2D eigenvalue weighted by molar-refractivity contribution is 6.15. The molecule has 0 spiro atoms. The molecule has 2 aromatic rings. The van der Waals surface area contributed by atoms with Crippen molar-refractivity contribution in [1.82, 2.24) is 0 Å². The fourth-order valence-electron chi connectivity index (χ4n) is 4.02. The summed E-state index contributed by atoms with van der Waals surface area (Å²) in [6.07, 6.45) is 6.14. The molecule has 2 heterocycles. The van der Waals surface area contributed by atoms with Crippen LogP contribution in [-0.2, 0) is 6.54 Å². The topological polar surface area (TPSA) is 72.3 Å². The number of rotatable bonds is 9. The van der Waals surface area contributed by atoms with Crippen molar-refractivity contribution in [2.24, 2.45) is 0 Å². The maximum atomic E-state index is 13.0. The van der Waals surface area contributed by atoms with Gasteiger partial charge in [-0.3, -0.25) is 4.79 Å². The number of quaternary nitrogens is 1. The summed E-state index contributed by atoms with van der Waals surface area (Å²) in [5, 5.41) is 12.7. The first kappa shape index (κ1) is 21.2. The highest BCUT2D eigenvalue weighted by Crippen LogP contribution is 2.39. The van der Waals surface area contributed by atoms with Gasteiger partial charge in [0.05, 0.1) is 18.7 Å². The lowest BCUT2D eigenvalue weighted by atomic mass is 10.0. The Hall–Kier alpha value is -2.99. The summed E-state index contributed by atoms with van der Waals surface area (Å²) in [6.45, 7) is 7.13. The Labute approximate surface area is 183 Å². The van der Waals surface area contributed by atoms with Gasteiger partial charge in [-0.05, 0) is 42.7 Å². The van der Waals surface area contributed by atoms with Gasteiger partial charge < -0.3 is 24.2 Å². The molecule has 1 N–H and O–H groups in total. The Kier molecular flexibility index (Phi) is 6.47. The zero-order valence-electron chi connectivity index (χ0n) is 18.2. The zero-order chi connectivity index (χ0) is 21.8. The summed E-state index contributed by atoms with van der Waals surface area (Å²) in [5.74, 6) is 1.72. The summed E-state index contributed by atoms with van der Waals surface area (Å²) >= 11 is 0. The van der Waals surface area contributed by atoms with Gasteiger partial charge in [-0.2, -0.15) is 0 Å². The Morgan fingerprint density at radius 3 is 2.52 bits per heavy atom. The lowest BCUT2D eigenvalue weighted by molar-refractivity contribution is -0.914. The fourth-order valence-corrected chi connectivity index (χ4v) is 4.02. The molecule has 6 heteroatoms. The molecule has 6 nitrogen and oxygen atoms in total. The maximum absolute atomic E-state index is 13.0. The first-order valence-electron chi connectivity index (χ1n) is 11.1. The molecule has 0 radical (unpaired) electrons. The van der Waals surface area contributed by atoms with Crippen molar-refractivity contribution in [3.05, 3.63) is 52.8 Å². The molecule has 4 rings (SSSR count). The second-order valence-corrected chi connectivity index (χ2v) is 8.11. The molecule has 164 valence electrons. The molecule has 0 atom stereocenters. The first-order chi connectivity index (χ1) is 15.1. The number of hydrogen-bond acceptors (Lipinski definition) is 5. The molecule has 0 aromatic heterocycles. The largest absolute Gasteiger partial charge is 0.872 e. The van der Waals surface area contributed by atoms with Crippen LogP contribution in [0.2, 0.25) is 0 Å². The van der Waals surface area contributed by atoms with E-state index < -0.39 is 0 Å². The molecule has 2 aromatic carbocycles. The average Bonchev–Trinajstić information content (AvgIpc) is 3.36. The van der Waals surface area contributed by atoms with Crippen LogP contribution in [0.5, 0.6) is 23.0 Å². The van der Waals surface area contributed by atoms with Crippen LogP contribution in [0.4, 0.5) is 0 Å². The van der Waals surface area contributed by atoms with E-state index in [1.54, 1.807) is 12.1 Å². The number of carbonyl (C=O) groups excluding carboxylic acids is 1. The fraction of sp³-hybridized carbons (Fsp3) is 0.400. The van der Waals surface area contributed by atoms with Gasteiger partial charge in [0.15, 0.2) is 17.3 Å². The monoisotopic (exact) mass is 423 g/mol. The van der Waals surface area contributed by atoms with E-state index in [1.807, 2.05) is 18.2 Å². The standard InChI is InChI=1S/C25H29NO5/c1-3-5-11-26(12-6-4-2)15-19-20(27)9-8-18-24(28)23(31-25(18)19)14-17-7-10-21-22(13-17)30-16-29-21/h7-10,13-14,27H,3-6,11-12,15-16H2,1-2H3/b23-14-. The molecule has 0 saturated carbocycles. The quantitative estimate of drug-likeness (QED) is 0.628. The molecule has 0 saturated heterocycles. The Morgan fingerprint density at radius 2 is 1.77 bits per heavy atom. The third kappa shape index (κ3) is 4.54. The smallest absolute Gasteiger partial charge is 0.231 e. The van der Waals surface area contributed by atoms with Gasteiger partial charge >= 0.3 is 0 Å². The SMILES string of the molecule is CCCC[NH+](CCCC)Cc1c([O-])ccc2c1O/C(=C\c1ccc3c(c1)OCO3)C2=O. The van der Waals surface area contributed by atoms with E-state index in [4.69, 9.17) is 14.2 Å². The number of hydrogen-bond donors (Lipinski definition) is 1. The van der Waals surface area contributed by atoms with Crippen LogP contribution < -0.4 is 24.2 Å². The van der Waals surface area contributed by atoms with Crippen LogP contribution in [0.15, 0.2) is 36.1 Å². The highest BCUT2D eigenvalue weighted by Gasteiger charge is 2.31. The van der Waals surface area contributed by atoms with Gasteiger partial charge in [0.1, 0.15) is 12.3 Å².